The first-order valence-corrected chi connectivity index (χ1v) is 10.8. The zero-order chi connectivity index (χ0) is 19.9. The topological polar surface area (TPSA) is 86.1 Å². The SMILES string of the molecule is COc1cccc(NS(=O)(=O)c2ccc3nc(-n4nc(C)cc4C)sc3c2)c1. The number of anilines is 1. The number of hydrogen-bond acceptors (Lipinski definition) is 6. The summed E-state index contributed by atoms with van der Waals surface area (Å²) in [6.45, 7) is 3.88. The predicted octanol–water partition coefficient (Wildman–Crippen LogP) is 3.91. The number of nitrogens with one attached hydrogen (secondary N) is 1. The first-order valence-electron chi connectivity index (χ1n) is 8.47. The molecular weight excluding hydrogens is 396 g/mol. The van der Waals surface area contributed by atoms with Crippen LogP contribution in [0.1, 0.15) is 11.4 Å². The lowest BCUT2D eigenvalue weighted by molar-refractivity contribution is 0.415. The molecular formula is C19H18N4O3S2. The summed E-state index contributed by atoms with van der Waals surface area (Å²) in [4.78, 5) is 4.75. The van der Waals surface area contributed by atoms with E-state index in [1.807, 2.05) is 19.9 Å². The molecule has 0 saturated carbocycles. The highest BCUT2D eigenvalue weighted by molar-refractivity contribution is 7.92. The molecule has 0 bridgehead atoms. The van der Waals surface area contributed by atoms with E-state index in [0.29, 0.717) is 16.6 Å². The van der Waals surface area contributed by atoms with Crippen molar-refractivity contribution in [3.8, 4) is 10.9 Å². The molecule has 2 heterocycles. The minimum Gasteiger partial charge on any atom is -0.497 e. The highest BCUT2D eigenvalue weighted by atomic mass is 32.2. The molecule has 144 valence electrons. The van der Waals surface area contributed by atoms with Gasteiger partial charge in [-0.1, -0.05) is 17.4 Å². The summed E-state index contributed by atoms with van der Waals surface area (Å²) in [7, 11) is -2.20. The first-order chi connectivity index (χ1) is 13.4. The third-order valence-corrected chi connectivity index (χ3v) is 6.54. The van der Waals surface area contributed by atoms with Crippen LogP contribution in [0.3, 0.4) is 0 Å². The Bertz CT molecular complexity index is 1280. The first kappa shape index (κ1) is 18.5. The lowest BCUT2D eigenvalue weighted by Gasteiger charge is -2.09. The summed E-state index contributed by atoms with van der Waals surface area (Å²) in [5.41, 5.74) is 3.05. The summed E-state index contributed by atoms with van der Waals surface area (Å²) in [6, 6.07) is 13.6. The monoisotopic (exact) mass is 414 g/mol. The van der Waals surface area contributed by atoms with Gasteiger partial charge < -0.3 is 4.74 Å². The quantitative estimate of drug-likeness (QED) is 0.535. The summed E-state index contributed by atoms with van der Waals surface area (Å²) in [5.74, 6) is 0.577. The number of nitrogens with zero attached hydrogens (tertiary/aromatic N) is 3. The molecule has 0 radical (unpaired) electrons. The van der Waals surface area contributed by atoms with Gasteiger partial charge in [0, 0.05) is 11.8 Å². The number of fused-ring (bicyclic) bond motifs is 1. The van der Waals surface area contributed by atoms with Gasteiger partial charge in [-0.05, 0) is 50.2 Å². The number of hydrogen-bond donors (Lipinski definition) is 1. The minimum absolute atomic E-state index is 0.173. The fourth-order valence-corrected chi connectivity index (χ4v) is 5.04. The number of rotatable bonds is 5. The lowest BCUT2D eigenvalue weighted by Crippen LogP contribution is -2.12. The van der Waals surface area contributed by atoms with Crippen molar-refractivity contribution < 1.29 is 13.2 Å². The molecule has 4 rings (SSSR count). The van der Waals surface area contributed by atoms with E-state index in [0.717, 1.165) is 21.6 Å². The zero-order valence-corrected chi connectivity index (χ0v) is 17.1. The number of sulfonamides is 1. The van der Waals surface area contributed by atoms with Gasteiger partial charge >= 0.3 is 0 Å². The van der Waals surface area contributed by atoms with E-state index in [1.165, 1.54) is 18.4 Å². The predicted molar refractivity (Wildman–Crippen MR) is 110 cm³/mol. The van der Waals surface area contributed by atoms with Crippen LogP contribution in [0, 0.1) is 13.8 Å². The molecule has 0 spiro atoms. The maximum absolute atomic E-state index is 12.8. The second-order valence-corrected chi connectivity index (χ2v) is 8.99. The zero-order valence-electron chi connectivity index (χ0n) is 15.5. The Labute approximate surface area is 166 Å². The highest BCUT2D eigenvalue weighted by Crippen LogP contribution is 2.29. The summed E-state index contributed by atoms with van der Waals surface area (Å²) < 4.78 is 35.9. The molecule has 0 amide bonds. The number of benzene rings is 2. The molecule has 0 fully saturated rings. The van der Waals surface area contributed by atoms with Gasteiger partial charge in [0.1, 0.15) is 5.75 Å². The van der Waals surface area contributed by atoms with Crippen molar-refractivity contribution in [3.05, 3.63) is 59.9 Å². The lowest BCUT2D eigenvalue weighted by atomic mass is 10.3. The van der Waals surface area contributed by atoms with Crippen molar-refractivity contribution in [2.45, 2.75) is 18.7 Å². The van der Waals surface area contributed by atoms with Gasteiger partial charge in [-0.25, -0.2) is 18.1 Å². The molecule has 1 N–H and O–H groups in total. The second-order valence-electron chi connectivity index (χ2n) is 6.30. The molecule has 0 aliphatic rings. The summed E-state index contributed by atoms with van der Waals surface area (Å²) in [5, 5.41) is 5.15. The van der Waals surface area contributed by atoms with Crippen LogP contribution in [0.15, 0.2) is 53.4 Å². The molecule has 2 aromatic heterocycles. The van der Waals surface area contributed by atoms with Gasteiger partial charge in [-0.3, -0.25) is 4.72 Å². The molecule has 0 saturated heterocycles. The van der Waals surface area contributed by atoms with Crippen molar-refractivity contribution in [2.75, 3.05) is 11.8 Å². The summed E-state index contributed by atoms with van der Waals surface area (Å²) >= 11 is 1.40. The smallest absolute Gasteiger partial charge is 0.261 e. The van der Waals surface area contributed by atoms with E-state index in [-0.39, 0.29) is 4.90 Å². The number of thiazole rings is 1. The Morgan fingerprint density at radius 2 is 1.93 bits per heavy atom. The van der Waals surface area contributed by atoms with E-state index in [4.69, 9.17) is 4.74 Å². The average molecular weight is 415 g/mol. The van der Waals surface area contributed by atoms with Crippen LogP contribution in [0.2, 0.25) is 0 Å². The Balaban J connectivity index is 1.69. The van der Waals surface area contributed by atoms with Crippen molar-refractivity contribution in [1.29, 1.82) is 0 Å². The molecule has 0 unspecified atom stereocenters. The fraction of sp³-hybridized carbons (Fsp3) is 0.158. The van der Waals surface area contributed by atoms with E-state index in [1.54, 1.807) is 47.1 Å². The van der Waals surface area contributed by atoms with Gasteiger partial charge in [-0.2, -0.15) is 5.10 Å². The standard InChI is InChI=1S/C19H18N4O3S2/c1-12-9-13(2)23(21-12)19-20-17-8-7-16(11-18(17)27-19)28(24,25)22-14-5-4-6-15(10-14)26-3/h4-11,22H,1-3H3. The van der Waals surface area contributed by atoms with Crippen LogP contribution in [0.5, 0.6) is 5.75 Å². The Morgan fingerprint density at radius 3 is 2.64 bits per heavy atom. The maximum atomic E-state index is 12.8. The number of aryl methyl sites for hydroxylation is 2. The molecule has 0 aliphatic heterocycles. The molecule has 7 nitrogen and oxygen atoms in total. The van der Waals surface area contributed by atoms with Gasteiger partial charge in [0.15, 0.2) is 0 Å². The van der Waals surface area contributed by atoms with E-state index in [9.17, 15) is 8.42 Å². The van der Waals surface area contributed by atoms with Crippen molar-refractivity contribution in [2.24, 2.45) is 0 Å². The van der Waals surface area contributed by atoms with Gasteiger partial charge in [0.2, 0.25) is 5.13 Å². The second kappa shape index (κ2) is 6.92. The Hall–Kier alpha value is -2.91. The van der Waals surface area contributed by atoms with Crippen LogP contribution < -0.4 is 9.46 Å². The van der Waals surface area contributed by atoms with Crippen molar-refractivity contribution >= 4 is 37.3 Å². The van der Waals surface area contributed by atoms with Crippen LogP contribution in [0.4, 0.5) is 5.69 Å². The van der Waals surface area contributed by atoms with E-state index < -0.39 is 10.0 Å². The molecule has 28 heavy (non-hydrogen) atoms. The molecule has 4 aromatic rings. The third kappa shape index (κ3) is 3.46. The highest BCUT2D eigenvalue weighted by Gasteiger charge is 2.17. The molecule has 0 atom stereocenters. The normalized spacial score (nSPS) is 11.7. The van der Waals surface area contributed by atoms with Crippen molar-refractivity contribution in [3.63, 3.8) is 0 Å². The molecule has 2 aromatic carbocycles. The Morgan fingerprint density at radius 1 is 1.11 bits per heavy atom. The maximum Gasteiger partial charge on any atom is 0.261 e. The van der Waals surface area contributed by atoms with Gasteiger partial charge in [0.05, 0.1) is 33.6 Å². The molecule has 9 heteroatoms. The van der Waals surface area contributed by atoms with Gasteiger partial charge in [0.25, 0.3) is 10.0 Å². The van der Waals surface area contributed by atoms with Gasteiger partial charge in [-0.15, -0.1) is 0 Å². The minimum atomic E-state index is -3.74. The van der Waals surface area contributed by atoms with Crippen LogP contribution in [-0.4, -0.2) is 30.3 Å². The fourth-order valence-electron chi connectivity index (χ4n) is 2.87. The molecule has 0 aliphatic carbocycles. The third-order valence-electron chi connectivity index (χ3n) is 4.17. The Kier molecular flexibility index (Phi) is 4.56. The number of ether oxygens (including phenoxy) is 1. The van der Waals surface area contributed by atoms with E-state index >= 15 is 0 Å². The number of methoxy groups -OCH3 is 1. The van der Waals surface area contributed by atoms with Crippen molar-refractivity contribution in [1.82, 2.24) is 14.8 Å². The largest absolute Gasteiger partial charge is 0.497 e. The summed E-state index contributed by atoms with van der Waals surface area (Å²) in [6.07, 6.45) is 0. The average Bonchev–Trinajstić information content (AvgIpc) is 3.23. The van der Waals surface area contributed by atoms with Crippen LogP contribution in [-0.2, 0) is 10.0 Å². The van der Waals surface area contributed by atoms with Crippen LogP contribution in [0.25, 0.3) is 15.3 Å². The van der Waals surface area contributed by atoms with Crippen LogP contribution >= 0.6 is 11.3 Å². The van der Waals surface area contributed by atoms with E-state index in [2.05, 4.69) is 14.8 Å². The number of aromatic nitrogens is 3.